The number of hydrogen-bond donors (Lipinski definition) is 2. The second-order valence-electron chi connectivity index (χ2n) is 10.9. The molecule has 38 heavy (non-hydrogen) atoms. The number of unbranched alkanes of at least 4 members (excludes halogenated alkanes) is 3. The van der Waals surface area contributed by atoms with Gasteiger partial charge in [-0.2, -0.15) is 0 Å². The Balaban J connectivity index is 1.40. The van der Waals surface area contributed by atoms with Gasteiger partial charge in [0.15, 0.2) is 11.9 Å². The maximum absolute atomic E-state index is 15.9. The number of halogens is 1. The number of fused-ring (bicyclic) bond motifs is 8. The zero-order valence-corrected chi connectivity index (χ0v) is 21.4. The lowest BCUT2D eigenvalue weighted by molar-refractivity contribution is -0.294. The number of phenols is 1. The number of benzene rings is 2. The first-order chi connectivity index (χ1) is 18.3. The van der Waals surface area contributed by atoms with Crippen LogP contribution in [0, 0.1) is 5.82 Å². The Kier molecular flexibility index (Phi) is 5.33. The maximum atomic E-state index is 15.9. The van der Waals surface area contributed by atoms with E-state index in [9.17, 15) is 9.90 Å². The van der Waals surface area contributed by atoms with Gasteiger partial charge in [-0.15, -0.1) is 0 Å². The van der Waals surface area contributed by atoms with E-state index in [1.165, 1.54) is 13.2 Å². The van der Waals surface area contributed by atoms with Gasteiger partial charge in [0, 0.05) is 24.0 Å². The minimum Gasteiger partial charge on any atom is -0.506 e. The Bertz CT molecular complexity index is 1350. The van der Waals surface area contributed by atoms with Crippen molar-refractivity contribution in [3.05, 3.63) is 28.6 Å². The fourth-order valence-electron chi connectivity index (χ4n) is 7.00. The van der Waals surface area contributed by atoms with Crippen molar-refractivity contribution in [1.82, 2.24) is 0 Å². The Morgan fingerprint density at radius 1 is 1.18 bits per heavy atom. The van der Waals surface area contributed by atoms with Crippen LogP contribution in [0.4, 0.5) is 4.39 Å². The SMILES string of the molecule is COc1c2c(c(O)c3c4c(c(F)cc13)[C@H]1OC3(C)OC1C(OCCCCCCO)(O4)C31CO1)C(=O)CCC2. The van der Waals surface area contributed by atoms with E-state index in [1.807, 2.05) is 0 Å². The summed E-state index contributed by atoms with van der Waals surface area (Å²) in [6, 6.07) is 1.31. The highest BCUT2D eigenvalue weighted by Crippen LogP contribution is 2.70. The van der Waals surface area contributed by atoms with Crippen molar-refractivity contribution in [1.29, 1.82) is 0 Å². The minimum absolute atomic E-state index is 0.0564. The predicted molar refractivity (Wildman–Crippen MR) is 130 cm³/mol. The van der Waals surface area contributed by atoms with Gasteiger partial charge in [-0.1, -0.05) is 12.8 Å². The van der Waals surface area contributed by atoms with E-state index < -0.39 is 35.2 Å². The van der Waals surface area contributed by atoms with Crippen molar-refractivity contribution >= 4 is 16.6 Å². The number of ketones is 1. The van der Waals surface area contributed by atoms with Crippen molar-refractivity contribution in [2.75, 3.05) is 26.9 Å². The summed E-state index contributed by atoms with van der Waals surface area (Å²) in [5, 5.41) is 21.1. The molecule has 5 aliphatic rings. The van der Waals surface area contributed by atoms with Crippen LogP contribution in [-0.4, -0.2) is 66.2 Å². The molecule has 4 unspecified atom stereocenters. The standard InChI is InChI=1S/C28H31FO9/c1-26-27(13-35-27)28(34-11-6-4-3-5-10-30)25(38-26)24(36-26)20-16(29)12-15-19(23(20)37-28)21(32)18-14(22(15)33-2)8-7-9-17(18)31/h12,24-25,30,32H,3-11,13H2,1-2H3/t24-,25?,26?,27?,28?/m1/s1. The fourth-order valence-corrected chi connectivity index (χ4v) is 7.00. The molecule has 1 spiro atoms. The number of aliphatic hydroxyl groups is 1. The lowest BCUT2D eigenvalue weighted by Gasteiger charge is -2.48. The average Bonchev–Trinajstić information content (AvgIpc) is 3.59. The predicted octanol–water partition coefficient (Wildman–Crippen LogP) is 3.83. The molecular formula is C28H31FO9. The molecule has 0 radical (unpaired) electrons. The number of carbonyl (C=O) groups is 1. The molecule has 2 N–H and O–H groups in total. The van der Waals surface area contributed by atoms with Crippen molar-refractivity contribution < 1.29 is 47.8 Å². The molecule has 0 saturated carbocycles. The summed E-state index contributed by atoms with van der Waals surface area (Å²) in [7, 11) is 1.47. The van der Waals surface area contributed by atoms with Gasteiger partial charge in [0.1, 0.15) is 29.2 Å². The van der Waals surface area contributed by atoms with E-state index in [1.54, 1.807) is 6.92 Å². The van der Waals surface area contributed by atoms with E-state index in [4.69, 9.17) is 33.5 Å². The lowest BCUT2D eigenvalue weighted by Crippen LogP contribution is -2.67. The molecule has 4 aliphatic heterocycles. The number of epoxide rings is 1. The fraction of sp³-hybridized carbons (Fsp3) is 0.607. The summed E-state index contributed by atoms with van der Waals surface area (Å²) in [5.74, 6) is -3.25. The van der Waals surface area contributed by atoms with Crippen LogP contribution >= 0.6 is 0 Å². The summed E-state index contributed by atoms with van der Waals surface area (Å²) >= 11 is 0. The van der Waals surface area contributed by atoms with Crippen LogP contribution < -0.4 is 9.47 Å². The number of ether oxygens (including phenoxy) is 6. The highest BCUT2D eigenvalue weighted by molar-refractivity contribution is 6.11. The van der Waals surface area contributed by atoms with Gasteiger partial charge in [-0.3, -0.25) is 4.79 Å². The normalized spacial score (nSPS) is 33.9. The molecule has 2 aromatic carbocycles. The number of aromatic hydroxyl groups is 1. The summed E-state index contributed by atoms with van der Waals surface area (Å²) < 4.78 is 53.3. The molecule has 5 atom stereocenters. The van der Waals surface area contributed by atoms with Gasteiger partial charge in [0.25, 0.3) is 5.79 Å². The molecule has 1 aliphatic carbocycles. The summed E-state index contributed by atoms with van der Waals surface area (Å²) in [6.07, 6.45) is 2.96. The van der Waals surface area contributed by atoms with Gasteiger partial charge >= 0.3 is 0 Å². The summed E-state index contributed by atoms with van der Waals surface area (Å²) in [6.45, 7) is 2.49. The molecule has 7 rings (SSSR count). The van der Waals surface area contributed by atoms with Gasteiger partial charge in [0.05, 0.1) is 36.8 Å². The van der Waals surface area contributed by atoms with Crippen molar-refractivity contribution in [2.45, 2.75) is 81.3 Å². The molecule has 0 aromatic heterocycles. The Morgan fingerprint density at radius 3 is 2.71 bits per heavy atom. The van der Waals surface area contributed by atoms with Crippen LogP contribution in [0.15, 0.2) is 6.07 Å². The van der Waals surface area contributed by atoms with Crippen LogP contribution in [0.25, 0.3) is 10.8 Å². The average molecular weight is 531 g/mol. The molecule has 0 amide bonds. The number of hydrogen-bond acceptors (Lipinski definition) is 9. The lowest BCUT2D eigenvalue weighted by atomic mass is 9.79. The Labute approximate surface area is 218 Å². The largest absolute Gasteiger partial charge is 0.506 e. The van der Waals surface area contributed by atoms with Crippen LogP contribution in [-0.2, 0) is 25.4 Å². The molecule has 10 heteroatoms. The molecule has 3 fully saturated rings. The van der Waals surface area contributed by atoms with E-state index in [0.29, 0.717) is 49.0 Å². The maximum Gasteiger partial charge on any atom is 0.277 e. The monoisotopic (exact) mass is 530 g/mol. The Morgan fingerprint density at radius 2 is 1.97 bits per heavy atom. The number of carbonyl (C=O) groups excluding carboxylic acids is 1. The number of rotatable bonds is 8. The first kappa shape index (κ1) is 24.5. The molecule has 4 heterocycles. The van der Waals surface area contributed by atoms with Crippen LogP contribution in [0.3, 0.4) is 0 Å². The highest BCUT2D eigenvalue weighted by Gasteiger charge is 2.90. The molecule has 3 saturated heterocycles. The Hall–Kier alpha value is -2.50. The van der Waals surface area contributed by atoms with Gasteiger partial charge in [-0.25, -0.2) is 4.39 Å². The van der Waals surface area contributed by atoms with E-state index in [2.05, 4.69) is 0 Å². The number of methoxy groups -OCH3 is 1. The van der Waals surface area contributed by atoms with Gasteiger partial charge < -0.3 is 38.6 Å². The topological polar surface area (TPSA) is 116 Å². The molecule has 2 bridgehead atoms. The number of Topliss-reactive ketones (excluding diaryl/α,β-unsaturated/α-hetero) is 1. The van der Waals surface area contributed by atoms with Crippen molar-refractivity contribution in [3.8, 4) is 17.2 Å². The second kappa shape index (κ2) is 8.25. The summed E-state index contributed by atoms with van der Waals surface area (Å²) in [5.41, 5.74) is -0.177. The quantitative estimate of drug-likeness (QED) is 0.388. The van der Waals surface area contributed by atoms with Crippen LogP contribution in [0.1, 0.15) is 73.0 Å². The minimum atomic E-state index is -1.44. The van der Waals surface area contributed by atoms with E-state index >= 15 is 4.39 Å². The first-order valence-electron chi connectivity index (χ1n) is 13.4. The first-order valence-corrected chi connectivity index (χ1v) is 13.4. The number of aliphatic hydroxyl groups excluding tert-OH is 1. The van der Waals surface area contributed by atoms with Crippen LogP contribution in [0.5, 0.6) is 17.2 Å². The van der Waals surface area contributed by atoms with Crippen molar-refractivity contribution in [3.63, 3.8) is 0 Å². The summed E-state index contributed by atoms with van der Waals surface area (Å²) in [4.78, 5) is 12.9. The third kappa shape index (κ3) is 2.90. The number of phenolic OH excluding ortho intramolecular Hbond substituents is 1. The molecule has 9 nitrogen and oxygen atoms in total. The van der Waals surface area contributed by atoms with Gasteiger partial charge in [-0.05, 0) is 38.7 Å². The van der Waals surface area contributed by atoms with E-state index in [-0.39, 0.29) is 47.0 Å². The third-order valence-corrected chi connectivity index (χ3v) is 8.87. The van der Waals surface area contributed by atoms with Crippen molar-refractivity contribution in [2.24, 2.45) is 0 Å². The zero-order chi connectivity index (χ0) is 26.4. The second-order valence-corrected chi connectivity index (χ2v) is 10.9. The zero-order valence-electron chi connectivity index (χ0n) is 21.4. The van der Waals surface area contributed by atoms with E-state index in [0.717, 1.165) is 19.3 Å². The molecule has 2 aromatic rings. The molecular weight excluding hydrogens is 499 g/mol. The smallest absolute Gasteiger partial charge is 0.277 e. The van der Waals surface area contributed by atoms with Gasteiger partial charge in [0.2, 0.25) is 11.4 Å². The van der Waals surface area contributed by atoms with Crippen LogP contribution in [0.2, 0.25) is 0 Å². The highest BCUT2D eigenvalue weighted by atomic mass is 19.1. The molecule has 204 valence electrons. The third-order valence-electron chi connectivity index (χ3n) is 8.87.